The molecule has 20 heavy (non-hydrogen) atoms. The van der Waals surface area contributed by atoms with E-state index in [9.17, 15) is 4.79 Å². The van der Waals surface area contributed by atoms with Crippen molar-refractivity contribution in [2.75, 3.05) is 13.1 Å². The molecule has 0 bridgehead atoms. The van der Waals surface area contributed by atoms with Crippen molar-refractivity contribution < 1.29 is 9.53 Å². The molecule has 1 saturated heterocycles. The maximum Gasteiger partial charge on any atom is 0.410 e. The van der Waals surface area contributed by atoms with E-state index in [0.29, 0.717) is 6.61 Å². The number of hydrogen-bond donors (Lipinski definition) is 0. The summed E-state index contributed by atoms with van der Waals surface area (Å²) < 4.78 is 5.35. The number of benzene rings is 1. The van der Waals surface area contributed by atoms with Gasteiger partial charge in [0.25, 0.3) is 0 Å². The lowest BCUT2D eigenvalue weighted by molar-refractivity contribution is 0.0749. The van der Waals surface area contributed by atoms with Crippen molar-refractivity contribution >= 4 is 6.09 Å². The Kier molecular flexibility index (Phi) is 3.35. The first-order chi connectivity index (χ1) is 9.71. The molecular weight excluding hydrogens is 252 g/mol. The van der Waals surface area contributed by atoms with Gasteiger partial charge in [0.2, 0.25) is 0 Å². The fourth-order valence-corrected chi connectivity index (χ4v) is 3.31. The van der Waals surface area contributed by atoms with Crippen LogP contribution < -0.4 is 0 Å². The normalized spacial score (nSPS) is 27.9. The monoisotopic (exact) mass is 270 g/mol. The molecule has 1 heterocycles. The zero-order valence-electron chi connectivity index (χ0n) is 11.4. The lowest BCUT2D eigenvalue weighted by Gasteiger charge is -2.41. The van der Waals surface area contributed by atoms with E-state index in [1.165, 1.54) is 0 Å². The van der Waals surface area contributed by atoms with Crippen LogP contribution in [-0.2, 0) is 11.3 Å². The van der Waals surface area contributed by atoms with Crippen LogP contribution in [-0.4, -0.2) is 24.1 Å². The van der Waals surface area contributed by atoms with Crippen LogP contribution in [0.15, 0.2) is 30.3 Å². The van der Waals surface area contributed by atoms with E-state index in [1.807, 2.05) is 30.3 Å². The van der Waals surface area contributed by atoms with Gasteiger partial charge in [0.1, 0.15) is 6.61 Å². The predicted octanol–water partition coefficient (Wildman–Crippen LogP) is 2.95. The second kappa shape index (κ2) is 5.16. The van der Waals surface area contributed by atoms with Crippen molar-refractivity contribution in [1.82, 2.24) is 4.90 Å². The predicted molar refractivity (Wildman–Crippen MR) is 73.6 cm³/mol. The highest BCUT2D eigenvalue weighted by Gasteiger charge is 2.49. The molecule has 0 unspecified atom stereocenters. The Hall–Kier alpha value is -2.02. The second-order valence-corrected chi connectivity index (χ2v) is 5.95. The molecule has 0 aromatic heterocycles. The van der Waals surface area contributed by atoms with Gasteiger partial charge < -0.3 is 9.64 Å². The molecule has 1 saturated carbocycles. The first kappa shape index (κ1) is 13.0. The Morgan fingerprint density at radius 3 is 2.85 bits per heavy atom. The fraction of sp³-hybridized carbons (Fsp3) is 0.500. The van der Waals surface area contributed by atoms with Gasteiger partial charge in [-0.05, 0) is 30.2 Å². The van der Waals surface area contributed by atoms with Crippen molar-refractivity contribution in [2.24, 2.45) is 11.3 Å². The summed E-state index contributed by atoms with van der Waals surface area (Å²) in [5, 5.41) is 8.86. The minimum absolute atomic E-state index is 0.190. The molecule has 4 nitrogen and oxygen atoms in total. The maximum atomic E-state index is 12.0. The first-order valence-electron chi connectivity index (χ1n) is 7.06. The first-order valence-corrected chi connectivity index (χ1v) is 7.06. The number of rotatable bonds is 2. The summed E-state index contributed by atoms with van der Waals surface area (Å²) in [7, 11) is 0. The van der Waals surface area contributed by atoms with Gasteiger partial charge in [-0.3, -0.25) is 0 Å². The van der Waals surface area contributed by atoms with E-state index in [2.05, 4.69) is 6.07 Å². The summed E-state index contributed by atoms with van der Waals surface area (Å²) in [4.78, 5) is 13.8. The van der Waals surface area contributed by atoms with Gasteiger partial charge in [-0.25, -0.2) is 4.79 Å². The molecular formula is C16H18N2O2. The van der Waals surface area contributed by atoms with Crippen LogP contribution in [0, 0.1) is 22.7 Å². The van der Waals surface area contributed by atoms with Gasteiger partial charge in [0.05, 0.1) is 6.07 Å². The van der Waals surface area contributed by atoms with E-state index in [-0.39, 0.29) is 17.4 Å². The molecule has 2 fully saturated rings. The molecule has 104 valence electrons. The number of carbonyl (C=O) groups excluding carboxylic acids is 1. The second-order valence-electron chi connectivity index (χ2n) is 5.95. The Bertz CT molecular complexity index is 529. The Balaban J connectivity index is 1.49. The van der Waals surface area contributed by atoms with Crippen LogP contribution in [0.5, 0.6) is 0 Å². The summed E-state index contributed by atoms with van der Waals surface area (Å²) in [6, 6.07) is 12.0. The van der Waals surface area contributed by atoms with Crippen LogP contribution in [0.3, 0.4) is 0 Å². The Morgan fingerprint density at radius 1 is 1.40 bits per heavy atom. The quantitative estimate of drug-likeness (QED) is 0.830. The molecule has 1 spiro atoms. The lowest BCUT2D eigenvalue weighted by atomic mass is 9.62. The van der Waals surface area contributed by atoms with E-state index in [1.54, 1.807) is 4.90 Å². The average molecular weight is 270 g/mol. The third-order valence-corrected chi connectivity index (χ3v) is 4.44. The van der Waals surface area contributed by atoms with Crippen LogP contribution in [0.1, 0.15) is 24.8 Å². The molecule has 1 aliphatic heterocycles. The van der Waals surface area contributed by atoms with E-state index in [4.69, 9.17) is 10.00 Å². The van der Waals surface area contributed by atoms with E-state index >= 15 is 0 Å². The smallest absolute Gasteiger partial charge is 0.410 e. The van der Waals surface area contributed by atoms with Crippen molar-refractivity contribution in [3.8, 4) is 6.07 Å². The highest BCUT2D eigenvalue weighted by molar-refractivity contribution is 5.68. The van der Waals surface area contributed by atoms with Gasteiger partial charge in [0, 0.05) is 19.0 Å². The number of nitrogens with zero attached hydrogens (tertiary/aromatic N) is 2. The van der Waals surface area contributed by atoms with Gasteiger partial charge in [0.15, 0.2) is 0 Å². The summed E-state index contributed by atoms with van der Waals surface area (Å²) in [5.41, 5.74) is 1.20. The van der Waals surface area contributed by atoms with Crippen LogP contribution in [0.4, 0.5) is 4.79 Å². The van der Waals surface area contributed by atoms with Crippen LogP contribution >= 0.6 is 0 Å². The highest BCUT2D eigenvalue weighted by Crippen LogP contribution is 2.51. The number of likely N-dealkylation sites (tertiary alicyclic amines) is 1. The summed E-state index contributed by atoms with van der Waals surface area (Å²) in [6.07, 6.45) is 2.65. The topological polar surface area (TPSA) is 53.3 Å². The Morgan fingerprint density at radius 2 is 2.15 bits per heavy atom. The summed E-state index contributed by atoms with van der Waals surface area (Å²) in [5.74, 6) is 0.190. The zero-order valence-corrected chi connectivity index (χ0v) is 11.4. The minimum atomic E-state index is -0.230. The molecule has 1 amide bonds. The Labute approximate surface area is 118 Å². The van der Waals surface area contributed by atoms with E-state index < -0.39 is 0 Å². The largest absolute Gasteiger partial charge is 0.445 e. The van der Waals surface area contributed by atoms with Crippen molar-refractivity contribution in [3.63, 3.8) is 0 Å². The van der Waals surface area contributed by atoms with Gasteiger partial charge in [-0.15, -0.1) is 0 Å². The standard InChI is InChI=1S/C16H18N2O2/c17-10-14-8-16(9-14)6-7-18(12-16)15(19)20-11-13-4-2-1-3-5-13/h1-5,14H,6-9,11-12H2. The van der Waals surface area contributed by atoms with Gasteiger partial charge >= 0.3 is 6.09 Å². The molecule has 1 aromatic rings. The summed E-state index contributed by atoms with van der Waals surface area (Å²) in [6.45, 7) is 1.83. The van der Waals surface area contributed by atoms with Gasteiger partial charge in [-0.1, -0.05) is 30.3 Å². The highest BCUT2D eigenvalue weighted by atomic mass is 16.6. The number of amides is 1. The number of nitriles is 1. The van der Waals surface area contributed by atoms with Crippen LogP contribution in [0.25, 0.3) is 0 Å². The molecule has 1 aromatic carbocycles. The fourth-order valence-electron chi connectivity index (χ4n) is 3.31. The number of hydrogen-bond acceptors (Lipinski definition) is 3. The number of carbonyl (C=O) groups is 1. The molecule has 0 atom stereocenters. The molecule has 3 rings (SSSR count). The number of ether oxygens (including phenoxy) is 1. The summed E-state index contributed by atoms with van der Waals surface area (Å²) >= 11 is 0. The molecule has 2 aliphatic rings. The van der Waals surface area contributed by atoms with Crippen molar-refractivity contribution in [2.45, 2.75) is 25.9 Å². The van der Waals surface area contributed by atoms with Crippen LogP contribution in [0.2, 0.25) is 0 Å². The van der Waals surface area contributed by atoms with Gasteiger partial charge in [-0.2, -0.15) is 5.26 Å². The minimum Gasteiger partial charge on any atom is -0.445 e. The molecule has 0 radical (unpaired) electrons. The maximum absolute atomic E-state index is 12.0. The molecule has 0 N–H and O–H groups in total. The van der Waals surface area contributed by atoms with Crippen molar-refractivity contribution in [3.05, 3.63) is 35.9 Å². The average Bonchev–Trinajstić information content (AvgIpc) is 2.89. The lowest BCUT2D eigenvalue weighted by Crippen LogP contribution is -2.40. The third-order valence-electron chi connectivity index (χ3n) is 4.44. The SMILES string of the molecule is N#CC1CC2(CCN(C(=O)OCc3ccccc3)C2)C1. The zero-order chi connectivity index (χ0) is 14.0. The third kappa shape index (κ3) is 2.49. The van der Waals surface area contributed by atoms with Crippen molar-refractivity contribution in [1.29, 1.82) is 5.26 Å². The molecule has 4 heteroatoms. The molecule has 1 aliphatic carbocycles. The van der Waals surface area contributed by atoms with E-state index in [0.717, 1.165) is 37.9 Å².